The van der Waals surface area contributed by atoms with Gasteiger partial charge in [0.1, 0.15) is 17.7 Å². The average Bonchev–Trinajstić information content (AvgIpc) is 3.05. The molecule has 1 amide bonds. The summed E-state index contributed by atoms with van der Waals surface area (Å²) in [4.78, 5) is 15.0. The second-order valence-electron chi connectivity index (χ2n) is 4.17. The van der Waals surface area contributed by atoms with E-state index in [2.05, 4.69) is 15.5 Å². The molecule has 0 unspecified atom stereocenters. The van der Waals surface area contributed by atoms with E-state index in [1.807, 2.05) is 12.1 Å². The molecule has 0 aliphatic heterocycles. The van der Waals surface area contributed by atoms with Gasteiger partial charge in [-0.05, 0) is 12.1 Å². The molecule has 6 heteroatoms. The van der Waals surface area contributed by atoms with Crippen molar-refractivity contribution >= 4 is 22.5 Å². The lowest BCUT2D eigenvalue weighted by Crippen LogP contribution is -2.23. The fourth-order valence-corrected chi connectivity index (χ4v) is 1.90. The Morgan fingerprint density at radius 3 is 3.05 bits per heavy atom. The predicted octanol–water partition coefficient (Wildman–Crippen LogP) is 1.67. The van der Waals surface area contributed by atoms with Crippen LogP contribution in [-0.2, 0) is 6.54 Å². The summed E-state index contributed by atoms with van der Waals surface area (Å²) in [5.41, 5.74) is 8.37. The third-order valence-corrected chi connectivity index (χ3v) is 2.85. The molecule has 1 aromatic carbocycles. The highest BCUT2D eigenvalue weighted by atomic mass is 16.5. The first-order valence-corrected chi connectivity index (χ1v) is 5.79. The molecule has 0 aliphatic carbocycles. The van der Waals surface area contributed by atoms with Gasteiger partial charge >= 0.3 is 0 Å². The Morgan fingerprint density at radius 2 is 2.32 bits per heavy atom. The van der Waals surface area contributed by atoms with Crippen molar-refractivity contribution in [2.24, 2.45) is 0 Å². The molecule has 19 heavy (non-hydrogen) atoms. The molecule has 2 heterocycles. The van der Waals surface area contributed by atoms with E-state index in [1.54, 1.807) is 18.2 Å². The number of nitrogens with one attached hydrogen (secondary N) is 2. The number of benzene rings is 1. The van der Waals surface area contributed by atoms with Gasteiger partial charge in [-0.15, -0.1) is 0 Å². The van der Waals surface area contributed by atoms with E-state index < -0.39 is 0 Å². The van der Waals surface area contributed by atoms with E-state index >= 15 is 0 Å². The number of hydrogen-bond acceptors (Lipinski definition) is 4. The smallest absolute Gasteiger partial charge is 0.268 e. The number of fused-ring (bicyclic) bond motifs is 1. The molecule has 0 saturated carbocycles. The van der Waals surface area contributed by atoms with Crippen LogP contribution in [0.2, 0.25) is 0 Å². The topological polar surface area (TPSA) is 96.9 Å². The number of anilines is 1. The lowest BCUT2D eigenvalue weighted by Gasteiger charge is -2.00. The fourth-order valence-electron chi connectivity index (χ4n) is 1.90. The molecular formula is C13H12N4O2. The Morgan fingerprint density at radius 1 is 1.42 bits per heavy atom. The maximum absolute atomic E-state index is 12.0. The zero-order valence-corrected chi connectivity index (χ0v) is 10.0. The second-order valence-corrected chi connectivity index (χ2v) is 4.17. The molecule has 0 fully saturated rings. The molecule has 0 saturated heterocycles. The summed E-state index contributed by atoms with van der Waals surface area (Å²) in [6.07, 6.45) is 1.46. The van der Waals surface area contributed by atoms with Gasteiger partial charge in [0.25, 0.3) is 5.91 Å². The summed E-state index contributed by atoms with van der Waals surface area (Å²) < 4.78 is 4.69. The van der Waals surface area contributed by atoms with Crippen LogP contribution in [0.4, 0.5) is 5.69 Å². The Balaban J connectivity index is 1.80. The van der Waals surface area contributed by atoms with Gasteiger partial charge in [0.2, 0.25) is 0 Å². The third-order valence-electron chi connectivity index (χ3n) is 2.85. The Labute approximate surface area is 108 Å². The van der Waals surface area contributed by atoms with Crippen molar-refractivity contribution < 1.29 is 9.32 Å². The first-order chi connectivity index (χ1) is 9.24. The minimum absolute atomic E-state index is 0.210. The largest absolute Gasteiger partial charge is 0.397 e. The average molecular weight is 256 g/mol. The maximum Gasteiger partial charge on any atom is 0.268 e. The first-order valence-electron chi connectivity index (χ1n) is 5.79. The first kappa shape index (κ1) is 11.3. The molecule has 0 radical (unpaired) electrons. The third kappa shape index (κ3) is 2.15. The molecule has 0 spiro atoms. The van der Waals surface area contributed by atoms with Gasteiger partial charge in [-0.25, -0.2) is 0 Å². The summed E-state index contributed by atoms with van der Waals surface area (Å²) in [7, 11) is 0. The fraction of sp³-hybridized carbons (Fsp3) is 0.0769. The molecule has 0 aliphatic rings. The van der Waals surface area contributed by atoms with Crippen LogP contribution < -0.4 is 11.1 Å². The van der Waals surface area contributed by atoms with E-state index in [9.17, 15) is 4.79 Å². The normalized spacial score (nSPS) is 10.7. The predicted molar refractivity (Wildman–Crippen MR) is 70.4 cm³/mol. The van der Waals surface area contributed by atoms with Crippen LogP contribution in [0.25, 0.3) is 10.9 Å². The summed E-state index contributed by atoms with van der Waals surface area (Å²) in [6.45, 7) is 0.320. The second kappa shape index (κ2) is 4.49. The number of nitrogen functional groups attached to an aromatic ring is 1. The molecule has 0 atom stereocenters. The van der Waals surface area contributed by atoms with Crippen molar-refractivity contribution in [3.63, 3.8) is 0 Å². The maximum atomic E-state index is 12.0. The number of amides is 1. The van der Waals surface area contributed by atoms with Crippen molar-refractivity contribution in [1.29, 1.82) is 0 Å². The standard InChI is InChI=1S/C13H12N4O2/c14-10-3-1-2-8-6-11(16-12(8)10)13(18)15-7-9-4-5-19-17-9/h1-6,16H,7,14H2,(H,15,18). The van der Waals surface area contributed by atoms with Crippen LogP contribution in [0, 0.1) is 0 Å². The van der Waals surface area contributed by atoms with Crippen LogP contribution in [0.15, 0.2) is 41.1 Å². The van der Waals surface area contributed by atoms with Gasteiger partial charge in [-0.3, -0.25) is 4.79 Å². The van der Waals surface area contributed by atoms with Crippen LogP contribution in [0.3, 0.4) is 0 Å². The van der Waals surface area contributed by atoms with Crippen LogP contribution in [-0.4, -0.2) is 16.0 Å². The zero-order valence-electron chi connectivity index (χ0n) is 10.0. The number of para-hydroxylation sites is 1. The molecule has 2 aromatic heterocycles. The Kier molecular flexibility index (Phi) is 2.68. The molecular weight excluding hydrogens is 244 g/mol. The Bertz CT molecular complexity index is 715. The minimum Gasteiger partial charge on any atom is -0.397 e. The summed E-state index contributed by atoms with van der Waals surface area (Å²) in [6, 6.07) is 9.00. The molecule has 4 N–H and O–H groups in total. The van der Waals surface area contributed by atoms with Gasteiger partial charge in [0.15, 0.2) is 0 Å². The number of nitrogens with two attached hydrogens (primary N) is 1. The number of rotatable bonds is 3. The number of carbonyl (C=O) groups excluding carboxylic acids is 1. The highest BCUT2D eigenvalue weighted by Gasteiger charge is 2.10. The molecule has 96 valence electrons. The summed E-state index contributed by atoms with van der Waals surface area (Å²) >= 11 is 0. The number of hydrogen-bond donors (Lipinski definition) is 3. The highest BCUT2D eigenvalue weighted by Crippen LogP contribution is 2.20. The van der Waals surface area contributed by atoms with E-state index in [4.69, 9.17) is 10.3 Å². The van der Waals surface area contributed by atoms with Gasteiger partial charge in [0.05, 0.1) is 17.7 Å². The lowest BCUT2D eigenvalue weighted by atomic mass is 10.2. The van der Waals surface area contributed by atoms with Crippen LogP contribution >= 0.6 is 0 Å². The zero-order chi connectivity index (χ0) is 13.2. The van der Waals surface area contributed by atoms with Gasteiger partial charge in [0, 0.05) is 11.5 Å². The number of H-pyrrole nitrogens is 1. The molecule has 0 bridgehead atoms. The molecule has 3 aromatic rings. The van der Waals surface area contributed by atoms with Gasteiger partial charge in [-0.1, -0.05) is 17.3 Å². The van der Waals surface area contributed by atoms with Crippen molar-refractivity contribution in [3.05, 3.63) is 48.0 Å². The van der Waals surface area contributed by atoms with Crippen molar-refractivity contribution in [1.82, 2.24) is 15.5 Å². The number of aromatic amines is 1. The molecule has 6 nitrogen and oxygen atoms in total. The number of nitrogens with zero attached hydrogens (tertiary/aromatic N) is 1. The van der Waals surface area contributed by atoms with Gasteiger partial charge in [-0.2, -0.15) is 0 Å². The lowest BCUT2D eigenvalue weighted by molar-refractivity contribution is 0.0946. The van der Waals surface area contributed by atoms with E-state index in [0.29, 0.717) is 23.6 Å². The number of carbonyl (C=O) groups is 1. The Hall–Kier alpha value is -2.76. The number of aromatic nitrogens is 2. The van der Waals surface area contributed by atoms with E-state index in [-0.39, 0.29) is 5.91 Å². The quantitative estimate of drug-likeness (QED) is 0.621. The van der Waals surface area contributed by atoms with Crippen LogP contribution in [0.5, 0.6) is 0 Å². The highest BCUT2D eigenvalue weighted by molar-refractivity contribution is 6.00. The van der Waals surface area contributed by atoms with Crippen molar-refractivity contribution in [2.45, 2.75) is 6.54 Å². The van der Waals surface area contributed by atoms with E-state index in [0.717, 1.165) is 10.9 Å². The monoisotopic (exact) mass is 256 g/mol. The van der Waals surface area contributed by atoms with Crippen molar-refractivity contribution in [2.75, 3.05) is 5.73 Å². The summed E-state index contributed by atoms with van der Waals surface area (Å²) in [5, 5.41) is 7.38. The SMILES string of the molecule is Nc1cccc2cc(C(=O)NCc3ccon3)[nH]c12. The van der Waals surface area contributed by atoms with Crippen LogP contribution in [0.1, 0.15) is 16.2 Å². The van der Waals surface area contributed by atoms with Gasteiger partial charge < -0.3 is 20.6 Å². The van der Waals surface area contributed by atoms with Crippen molar-refractivity contribution in [3.8, 4) is 0 Å². The van der Waals surface area contributed by atoms with E-state index in [1.165, 1.54) is 6.26 Å². The minimum atomic E-state index is -0.210. The summed E-state index contributed by atoms with van der Waals surface area (Å²) in [5.74, 6) is -0.210. The molecule has 3 rings (SSSR count).